The fourth-order valence-electron chi connectivity index (χ4n) is 2.34. The standard InChI is InChI=1S/C17H30OSi2/c1-19(2,3)12-11-17(20(4,5)6)14-15-9-7-8-10-16(18)13-15/h14-15H,7-10,13H2,1-6H3/b17-14+. The first-order chi connectivity index (χ1) is 9.08. The van der Waals surface area contributed by atoms with Gasteiger partial charge in [0.2, 0.25) is 0 Å². The number of carbonyl (C=O) groups excluding carboxylic acids is 1. The van der Waals surface area contributed by atoms with Crippen LogP contribution in [0.4, 0.5) is 0 Å². The van der Waals surface area contributed by atoms with Gasteiger partial charge in [-0.3, -0.25) is 4.79 Å². The Morgan fingerprint density at radius 2 is 1.80 bits per heavy atom. The van der Waals surface area contributed by atoms with Gasteiger partial charge in [0.25, 0.3) is 0 Å². The molecule has 0 aliphatic heterocycles. The molecule has 1 saturated carbocycles. The van der Waals surface area contributed by atoms with Crippen molar-refractivity contribution >= 4 is 21.9 Å². The summed E-state index contributed by atoms with van der Waals surface area (Å²) in [5.41, 5.74) is 3.52. The quantitative estimate of drug-likeness (QED) is 0.406. The Balaban J connectivity index is 3.00. The molecule has 1 aliphatic rings. The molecule has 0 bridgehead atoms. The summed E-state index contributed by atoms with van der Waals surface area (Å²) in [6, 6.07) is 0. The van der Waals surface area contributed by atoms with Crippen molar-refractivity contribution in [2.45, 2.75) is 71.4 Å². The lowest BCUT2D eigenvalue weighted by atomic mass is 9.99. The molecular formula is C17H30OSi2. The summed E-state index contributed by atoms with van der Waals surface area (Å²) in [5, 5.41) is 1.36. The summed E-state index contributed by atoms with van der Waals surface area (Å²) in [6.45, 7) is 13.9. The van der Waals surface area contributed by atoms with Gasteiger partial charge in [-0.1, -0.05) is 57.7 Å². The number of hydrogen-bond acceptors (Lipinski definition) is 1. The van der Waals surface area contributed by atoms with E-state index in [1.807, 2.05) is 0 Å². The molecule has 0 N–H and O–H groups in total. The van der Waals surface area contributed by atoms with E-state index in [0.29, 0.717) is 11.7 Å². The first kappa shape index (κ1) is 17.5. The van der Waals surface area contributed by atoms with Crippen LogP contribution in [0.15, 0.2) is 11.3 Å². The Bertz CT molecular complexity index is 438. The topological polar surface area (TPSA) is 17.1 Å². The highest BCUT2D eigenvalue weighted by atomic mass is 28.3. The van der Waals surface area contributed by atoms with Gasteiger partial charge in [-0.25, -0.2) is 0 Å². The van der Waals surface area contributed by atoms with Crippen LogP contribution in [0.5, 0.6) is 0 Å². The maximum atomic E-state index is 11.8. The molecule has 0 aromatic rings. The van der Waals surface area contributed by atoms with E-state index in [9.17, 15) is 4.79 Å². The molecule has 1 rings (SSSR count). The average molecular weight is 307 g/mol. The minimum Gasteiger partial charge on any atom is -0.300 e. The summed E-state index contributed by atoms with van der Waals surface area (Å²) in [4.78, 5) is 11.8. The third kappa shape index (κ3) is 6.72. The summed E-state index contributed by atoms with van der Waals surface area (Å²) in [5.74, 6) is 4.38. The third-order valence-corrected chi connectivity index (χ3v) is 6.34. The lowest BCUT2D eigenvalue weighted by Crippen LogP contribution is -2.25. The number of ketones is 1. The number of Topliss-reactive ketones (excluding diaryl/α,β-unsaturated/α-hetero) is 1. The van der Waals surface area contributed by atoms with Crippen molar-refractivity contribution in [3.63, 3.8) is 0 Å². The van der Waals surface area contributed by atoms with Crippen molar-refractivity contribution in [1.82, 2.24) is 0 Å². The third-order valence-electron chi connectivity index (χ3n) is 3.55. The Morgan fingerprint density at radius 1 is 1.15 bits per heavy atom. The highest BCUT2D eigenvalue weighted by molar-refractivity contribution is 6.86. The molecule has 20 heavy (non-hydrogen) atoms. The molecule has 3 heteroatoms. The monoisotopic (exact) mass is 306 g/mol. The maximum Gasteiger partial charge on any atom is 0.133 e. The molecular weight excluding hydrogens is 276 g/mol. The smallest absolute Gasteiger partial charge is 0.133 e. The Hall–Kier alpha value is -0.596. The zero-order valence-corrected chi connectivity index (χ0v) is 16.1. The molecule has 0 aromatic heterocycles. The second-order valence-corrected chi connectivity index (χ2v) is 17.9. The van der Waals surface area contributed by atoms with E-state index in [-0.39, 0.29) is 0 Å². The second kappa shape index (κ2) is 6.91. The van der Waals surface area contributed by atoms with Crippen LogP contribution >= 0.6 is 0 Å². The molecule has 1 fully saturated rings. The summed E-state index contributed by atoms with van der Waals surface area (Å²) < 4.78 is 0. The number of hydrogen-bond donors (Lipinski definition) is 0. The van der Waals surface area contributed by atoms with Gasteiger partial charge in [0.05, 0.1) is 8.07 Å². The van der Waals surface area contributed by atoms with Crippen molar-refractivity contribution in [1.29, 1.82) is 0 Å². The number of allylic oxidation sites excluding steroid dienone is 2. The maximum absolute atomic E-state index is 11.8. The Kier molecular flexibility index (Phi) is 6.03. The van der Waals surface area contributed by atoms with Gasteiger partial charge >= 0.3 is 0 Å². The first-order valence-corrected chi connectivity index (χ1v) is 14.8. The summed E-state index contributed by atoms with van der Waals surface area (Å²) >= 11 is 0. The molecule has 0 heterocycles. The highest BCUT2D eigenvalue weighted by Gasteiger charge is 2.22. The van der Waals surface area contributed by atoms with Crippen LogP contribution in [0, 0.1) is 17.4 Å². The van der Waals surface area contributed by atoms with E-state index in [2.05, 4.69) is 56.8 Å². The van der Waals surface area contributed by atoms with Gasteiger partial charge < -0.3 is 0 Å². The van der Waals surface area contributed by atoms with Gasteiger partial charge in [-0.2, -0.15) is 0 Å². The predicted molar refractivity (Wildman–Crippen MR) is 94.1 cm³/mol. The van der Waals surface area contributed by atoms with E-state index >= 15 is 0 Å². The average Bonchev–Trinajstić information content (AvgIpc) is 2.46. The summed E-state index contributed by atoms with van der Waals surface area (Å²) in [7, 11) is -2.75. The fourth-order valence-corrected chi connectivity index (χ4v) is 4.15. The first-order valence-electron chi connectivity index (χ1n) is 7.85. The molecule has 0 aromatic carbocycles. The number of carbonyl (C=O) groups is 1. The molecule has 0 radical (unpaired) electrons. The van der Waals surface area contributed by atoms with Crippen LogP contribution in [-0.4, -0.2) is 21.9 Å². The van der Waals surface area contributed by atoms with Crippen molar-refractivity contribution < 1.29 is 4.79 Å². The zero-order chi connectivity index (χ0) is 15.4. The minimum absolute atomic E-state index is 0.433. The summed E-state index contributed by atoms with van der Waals surface area (Å²) in [6.07, 6.45) is 7.31. The van der Waals surface area contributed by atoms with Gasteiger partial charge in [-0.05, 0) is 24.0 Å². The van der Waals surface area contributed by atoms with Crippen molar-refractivity contribution in [3.05, 3.63) is 11.3 Å². The molecule has 112 valence electrons. The normalized spacial score (nSPS) is 22.0. The predicted octanol–water partition coefficient (Wildman–Crippen LogP) is 4.82. The van der Waals surface area contributed by atoms with Gasteiger partial charge in [0, 0.05) is 12.8 Å². The second-order valence-electron chi connectivity index (χ2n) is 8.08. The molecule has 1 unspecified atom stereocenters. The van der Waals surface area contributed by atoms with Crippen LogP contribution in [-0.2, 0) is 4.79 Å². The molecule has 0 amide bonds. The SMILES string of the molecule is C[Si](C)(C)C#C/C(=C\C1CCCCC(=O)C1)[Si](C)(C)C. The lowest BCUT2D eigenvalue weighted by Gasteiger charge is -2.19. The van der Waals surface area contributed by atoms with Gasteiger partial charge in [0.1, 0.15) is 13.9 Å². The van der Waals surface area contributed by atoms with E-state index in [1.165, 1.54) is 11.6 Å². The molecule has 0 saturated heterocycles. The van der Waals surface area contributed by atoms with Crippen LogP contribution < -0.4 is 0 Å². The Morgan fingerprint density at radius 3 is 2.35 bits per heavy atom. The van der Waals surface area contributed by atoms with Crippen molar-refractivity contribution in [2.75, 3.05) is 0 Å². The van der Waals surface area contributed by atoms with E-state index < -0.39 is 16.1 Å². The number of rotatable bonds is 2. The highest BCUT2D eigenvalue weighted by Crippen LogP contribution is 2.25. The molecule has 0 spiro atoms. The minimum atomic E-state index is -1.41. The Labute approximate surface area is 127 Å². The largest absolute Gasteiger partial charge is 0.300 e. The lowest BCUT2D eigenvalue weighted by molar-refractivity contribution is -0.119. The van der Waals surface area contributed by atoms with E-state index in [4.69, 9.17) is 0 Å². The van der Waals surface area contributed by atoms with Crippen molar-refractivity contribution in [2.24, 2.45) is 5.92 Å². The van der Waals surface area contributed by atoms with Crippen LogP contribution in [0.3, 0.4) is 0 Å². The van der Waals surface area contributed by atoms with Gasteiger partial charge in [-0.15, -0.1) is 5.54 Å². The van der Waals surface area contributed by atoms with Crippen molar-refractivity contribution in [3.8, 4) is 11.5 Å². The van der Waals surface area contributed by atoms with E-state index in [0.717, 1.165) is 25.7 Å². The van der Waals surface area contributed by atoms with Crippen LogP contribution in [0.25, 0.3) is 0 Å². The fraction of sp³-hybridized carbons (Fsp3) is 0.706. The molecule has 1 atom stereocenters. The van der Waals surface area contributed by atoms with E-state index in [1.54, 1.807) is 0 Å². The van der Waals surface area contributed by atoms with Gasteiger partial charge in [0.15, 0.2) is 0 Å². The van der Waals surface area contributed by atoms with Crippen LogP contribution in [0.1, 0.15) is 32.1 Å². The van der Waals surface area contributed by atoms with Crippen LogP contribution in [0.2, 0.25) is 39.3 Å². The zero-order valence-electron chi connectivity index (χ0n) is 14.1. The molecule has 1 aliphatic carbocycles. The molecule has 1 nitrogen and oxygen atoms in total.